The van der Waals surface area contributed by atoms with Crippen LogP contribution in [-0.2, 0) is 16.0 Å². The van der Waals surface area contributed by atoms with Crippen molar-refractivity contribution in [2.75, 3.05) is 0 Å². The molecule has 0 spiro atoms. The number of aliphatic hydroxyl groups excluding tert-OH is 2. The average Bonchev–Trinajstić information content (AvgIpc) is 3.24. The minimum Gasteiger partial charge on any atom is -0.390 e. The van der Waals surface area contributed by atoms with Gasteiger partial charge in [0.2, 0.25) is 11.8 Å². The van der Waals surface area contributed by atoms with Gasteiger partial charge in [-0.3, -0.25) is 9.59 Å². The first-order chi connectivity index (χ1) is 14.8. The molecule has 0 radical (unpaired) electrons. The lowest BCUT2D eigenvalue weighted by Crippen LogP contribution is -2.55. The fourth-order valence-corrected chi connectivity index (χ4v) is 4.75. The molecule has 10 heteroatoms. The number of amides is 4. The summed E-state index contributed by atoms with van der Waals surface area (Å²) in [5.74, 6) is -1.23. The molecule has 0 unspecified atom stereocenters. The highest BCUT2D eigenvalue weighted by atomic mass is 32.1. The van der Waals surface area contributed by atoms with Crippen LogP contribution in [0.15, 0.2) is 29.2 Å². The zero-order valence-corrected chi connectivity index (χ0v) is 18.1. The molecule has 1 aromatic rings. The lowest BCUT2D eigenvalue weighted by atomic mass is 9.90. The molecule has 31 heavy (non-hydrogen) atoms. The number of thiophene rings is 1. The predicted molar refractivity (Wildman–Crippen MR) is 116 cm³/mol. The van der Waals surface area contributed by atoms with Gasteiger partial charge in [0.05, 0.1) is 12.1 Å². The molecule has 1 aromatic heterocycles. The fraction of sp³-hybridized carbons (Fsp3) is 0.571. The first-order valence-corrected chi connectivity index (χ1v) is 11.5. The van der Waals surface area contributed by atoms with Gasteiger partial charge in [-0.05, 0) is 24.3 Å². The normalized spacial score (nSPS) is 25.2. The molecule has 3 rings (SSSR count). The van der Waals surface area contributed by atoms with Crippen molar-refractivity contribution in [2.45, 2.75) is 75.3 Å². The first-order valence-electron chi connectivity index (χ1n) is 10.6. The number of rotatable bonds is 7. The van der Waals surface area contributed by atoms with Crippen molar-refractivity contribution in [2.24, 2.45) is 5.73 Å². The third-order valence-corrected chi connectivity index (χ3v) is 6.63. The van der Waals surface area contributed by atoms with Gasteiger partial charge in [0.15, 0.2) is 0 Å². The van der Waals surface area contributed by atoms with Crippen LogP contribution in [0.3, 0.4) is 0 Å². The van der Waals surface area contributed by atoms with Crippen molar-refractivity contribution in [3.63, 3.8) is 0 Å². The number of primary amides is 1. The molecule has 0 bridgehead atoms. The molecule has 1 saturated carbocycles. The number of nitrogens with one attached hydrogen (secondary N) is 3. The maximum absolute atomic E-state index is 12.7. The minimum atomic E-state index is -1.24. The van der Waals surface area contributed by atoms with E-state index in [0.717, 1.165) is 37.0 Å². The third kappa shape index (κ3) is 6.52. The minimum absolute atomic E-state index is 0.0831. The molecule has 4 amide bonds. The Labute approximate surface area is 185 Å². The van der Waals surface area contributed by atoms with E-state index in [1.807, 2.05) is 17.5 Å². The second-order valence-corrected chi connectivity index (χ2v) is 9.18. The van der Waals surface area contributed by atoms with Crippen molar-refractivity contribution in [1.29, 1.82) is 0 Å². The zero-order valence-electron chi connectivity index (χ0n) is 17.3. The summed E-state index contributed by atoms with van der Waals surface area (Å²) in [6.07, 6.45) is 4.23. The Morgan fingerprint density at radius 1 is 1.16 bits per heavy atom. The average molecular weight is 451 g/mol. The summed E-state index contributed by atoms with van der Waals surface area (Å²) in [5, 5.41) is 30.5. The van der Waals surface area contributed by atoms with E-state index in [-0.39, 0.29) is 24.5 Å². The summed E-state index contributed by atoms with van der Waals surface area (Å²) in [4.78, 5) is 37.8. The Bertz CT molecular complexity index is 807. The van der Waals surface area contributed by atoms with Gasteiger partial charge >= 0.3 is 6.03 Å². The van der Waals surface area contributed by atoms with Gasteiger partial charge in [-0.2, -0.15) is 0 Å². The molecule has 4 atom stereocenters. The van der Waals surface area contributed by atoms with Gasteiger partial charge in [-0.25, -0.2) is 4.79 Å². The van der Waals surface area contributed by atoms with Crippen molar-refractivity contribution >= 4 is 29.2 Å². The molecule has 7 N–H and O–H groups in total. The molecule has 0 saturated heterocycles. The van der Waals surface area contributed by atoms with E-state index in [0.29, 0.717) is 0 Å². The Kier molecular flexibility index (Phi) is 8.05. The molecule has 1 fully saturated rings. The second-order valence-electron chi connectivity index (χ2n) is 8.14. The highest BCUT2D eigenvalue weighted by Gasteiger charge is 2.34. The number of hydrogen-bond acceptors (Lipinski definition) is 6. The van der Waals surface area contributed by atoms with Crippen LogP contribution in [0.5, 0.6) is 0 Å². The van der Waals surface area contributed by atoms with E-state index in [4.69, 9.17) is 5.73 Å². The Morgan fingerprint density at radius 2 is 1.90 bits per heavy atom. The van der Waals surface area contributed by atoms with E-state index < -0.39 is 42.1 Å². The van der Waals surface area contributed by atoms with Gasteiger partial charge in [-0.1, -0.05) is 31.4 Å². The van der Waals surface area contributed by atoms with Gasteiger partial charge in [-0.15, -0.1) is 11.3 Å². The second kappa shape index (κ2) is 10.7. The van der Waals surface area contributed by atoms with Crippen LogP contribution in [0, 0.1) is 0 Å². The number of urea groups is 1. The van der Waals surface area contributed by atoms with Crippen LogP contribution in [-0.4, -0.2) is 58.4 Å². The molecule has 2 aliphatic carbocycles. The lowest BCUT2D eigenvalue weighted by molar-refractivity contribution is -0.125. The van der Waals surface area contributed by atoms with Crippen molar-refractivity contribution in [3.8, 4) is 0 Å². The van der Waals surface area contributed by atoms with Crippen LogP contribution in [0.1, 0.15) is 43.4 Å². The van der Waals surface area contributed by atoms with Crippen LogP contribution < -0.4 is 21.7 Å². The van der Waals surface area contributed by atoms with E-state index in [1.54, 1.807) is 0 Å². The number of carbonyl (C=O) groups excluding carboxylic acids is 3. The zero-order chi connectivity index (χ0) is 22.4. The molecule has 0 aliphatic heterocycles. The highest BCUT2D eigenvalue weighted by Crippen LogP contribution is 2.21. The molecular formula is C21H30N4O5S. The van der Waals surface area contributed by atoms with Gasteiger partial charge in [0, 0.05) is 29.3 Å². The van der Waals surface area contributed by atoms with E-state index >= 15 is 0 Å². The summed E-state index contributed by atoms with van der Waals surface area (Å²) >= 11 is 1.45. The molecule has 2 aliphatic rings. The maximum atomic E-state index is 12.7. The van der Waals surface area contributed by atoms with E-state index in [1.165, 1.54) is 17.4 Å². The largest absolute Gasteiger partial charge is 0.390 e. The van der Waals surface area contributed by atoms with E-state index in [9.17, 15) is 24.6 Å². The van der Waals surface area contributed by atoms with Crippen molar-refractivity contribution < 1.29 is 24.6 Å². The maximum Gasteiger partial charge on any atom is 0.315 e. The summed E-state index contributed by atoms with van der Waals surface area (Å²) in [6, 6.07) is 1.48. The fourth-order valence-electron chi connectivity index (χ4n) is 3.99. The Morgan fingerprint density at radius 3 is 2.55 bits per heavy atom. The van der Waals surface area contributed by atoms with Gasteiger partial charge in [0.25, 0.3) is 0 Å². The summed E-state index contributed by atoms with van der Waals surface area (Å²) in [7, 11) is 0. The topological polar surface area (TPSA) is 154 Å². The van der Waals surface area contributed by atoms with Crippen molar-refractivity contribution in [1.82, 2.24) is 16.0 Å². The van der Waals surface area contributed by atoms with Gasteiger partial charge in [0.1, 0.15) is 12.1 Å². The molecule has 170 valence electrons. The Balaban J connectivity index is 1.63. The van der Waals surface area contributed by atoms with Crippen LogP contribution >= 0.6 is 11.3 Å². The standard InChI is InChI=1S/C21H30N4O5S/c22-19(28)16(11-14-7-4-8-31-14)24-20(29)12-9-15(18(27)17(26)10-12)25-21(30)23-13-5-2-1-3-6-13/h4,7-9,13,15-18,26-27H,1-3,5-6,10-11H2,(H2,22,28)(H,24,29)(H2,23,25,30)/t15-,16+,17-,18-/m1/s1. The smallest absolute Gasteiger partial charge is 0.315 e. The van der Waals surface area contributed by atoms with E-state index in [2.05, 4.69) is 16.0 Å². The number of hydrogen-bond donors (Lipinski definition) is 6. The summed E-state index contributed by atoms with van der Waals surface area (Å²) < 4.78 is 0. The Hall–Kier alpha value is -2.43. The highest BCUT2D eigenvalue weighted by molar-refractivity contribution is 7.09. The first kappa shape index (κ1) is 23.2. The third-order valence-electron chi connectivity index (χ3n) is 5.74. The van der Waals surface area contributed by atoms with Gasteiger partial charge < -0.3 is 31.9 Å². The molecular weight excluding hydrogens is 420 g/mol. The van der Waals surface area contributed by atoms with Crippen LogP contribution in [0.25, 0.3) is 0 Å². The number of carbonyl (C=O) groups is 3. The quantitative estimate of drug-likeness (QED) is 0.353. The lowest BCUT2D eigenvalue weighted by Gasteiger charge is -2.32. The molecule has 9 nitrogen and oxygen atoms in total. The molecule has 1 heterocycles. The monoisotopic (exact) mass is 450 g/mol. The van der Waals surface area contributed by atoms with Crippen LogP contribution in [0.2, 0.25) is 0 Å². The number of nitrogens with two attached hydrogens (primary N) is 1. The van der Waals surface area contributed by atoms with Crippen LogP contribution in [0.4, 0.5) is 4.79 Å². The SMILES string of the molecule is NC(=O)[C@H](Cc1cccs1)NC(=O)C1=C[C@@H](NC(=O)NC2CCCCC2)[C@@H](O)[C@H](O)C1. The molecule has 0 aromatic carbocycles. The number of aliphatic hydroxyl groups is 2. The predicted octanol–water partition coefficient (Wildman–Crippen LogP) is 0.313. The van der Waals surface area contributed by atoms with Crippen molar-refractivity contribution in [3.05, 3.63) is 34.0 Å². The summed E-state index contributed by atoms with van der Waals surface area (Å²) in [5.41, 5.74) is 5.62. The summed E-state index contributed by atoms with van der Waals surface area (Å²) in [6.45, 7) is 0.